The van der Waals surface area contributed by atoms with Gasteiger partial charge in [-0.1, -0.05) is 12.1 Å². The number of nitrogens with one attached hydrogen (secondary N) is 1. The molecule has 1 aliphatic heterocycles. The summed E-state index contributed by atoms with van der Waals surface area (Å²) in [5, 5.41) is 11.7. The van der Waals surface area contributed by atoms with Crippen LogP contribution in [0.1, 0.15) is 11.1 Å². The first-order valence-corrected chi connectivity index (χ1v) is 10.5. The predicted molar refractivity (Wildman–Crippen MR) is 121 cm³/mol. The first kappa shape index (κ1) is 25.6. The topological polar surface area (TPSA) is 101 Å². The van der Waals surface area contributed by atoms with Crippen LogP contribution in [-0.2, 0) is 25.2 Å². The normalized spacial score (nSPS) is 14.1. The van der Waals surface area contributed by atoms with Crippen molar-refractivity contribution in [2.45, 2.75) is 6.18 Å². The molecule has 1 fully saturated rings. The molecular formula is C24H22F3N3O5. The summed E-state index contributed by atoms with van der Waals surface area (Å²) in [5.74, 6) is -1.31. The highest BCUT2D eigenvalue weighted by Gasteiger charge is 2.32. The summed E-state index contributed by atoms with van der Waals surface area (Å²) in [7, 11) is 1.50. The molecule has 11 heteroatoms. The Kier molecular flexibility index (Phi) is 8.33. The summed E-state index contributed by atoms with van der Waals surface area (Å²) in [6.45, 7) is 0.863. The third kappa shape index (κ3) is 6.97. The van der Waals surface area contributed by atoms with Gasteiger partial charge in [-0.15, -0.1) is 0 Å². The Hall–Kier alpha value is -4.04. The minimum Gasteiger partial charge on any atom is -0.497 e. The fourth-order valence-electron chi connectivity index (χ4n) is 3.29. The average molecular weight is 489 g/mol. The molecule has 0 spiro atoms. The second kappa shape index (κ2) is 11.4. The number of halogens is 3. The smallest absolute Gasteiger partial charge is 0.416 e. The van der Waals surface area contributed by atoms with Crippen molar-refractivity contribution in [3.63, 3.8) is 0 Å². The molecule has 1 saturated heterocycles. The number of rotatable bonds is 7. The van der Waals surface area contributed by atoms with Gasteiger partial charge in [0, 0.05) is 13.1 Å². The zero-order valence-electron chi connectivity index (χ0n) is 18.7. The van der Waals surface area contributed by atoms with Gasteiger partial charge in [0.1, 0.15) is 17.4 Å². The average Bonchev–Trinajstić information content (AvgIpc) is 2.86. The summed E-state index contributed by atoms with van der Waals surface area (Å²) in [5.41, 5.74) is -0.440. The Labute approximate surface area is 199 Å². The molecule has 1 N–H and O–H groups in total. The van der Waals surface area contributed by atoms with E-state index in [1.165, 1.54) is 19.3 Å². The molecule has 0 bridgehead atoms. The van der Waals surface area contributed by atoms with Crippen molar-refractivity contribution in [3.05, 3.63) is 59.2 Å². The summed E-state index contributed by atoms with van der Waals surface area (Å²) in [4.78, 5) is 26.5. The number of methoxy groups -OCH3 is 1. The van der Waals surface area contributed by atoms with E-state index in [1.54, 1.807) is 35.2 Å². The molecule has 0 aromatic heterocycles. The number of carbonyl (C=O) groups excluding carboxylic acids is 2. The number of alkyl halides is 3. The molecule has 0 unspecified atom stereocenters. The third-order valence-corrected chi connectivity index (χ3v) is 5.05. The van der Waals surface area contributed by atoms with Crippen LogP contribution in [0.15, 0.2) is 48.0 Å². The lowest BCUT2D eigenvalue weighted by molar-refractivity contribution is -0.142. The van der Waals surface area contributed by atoms with Crippen molar-refractivity contribution in [2.24, 2.45) is 0 Å². The van der Waals surface area contributed by atoms with E-state index in [1.807, 2.05) is 0 Å². The monoisotopic (exact) mass is 489 g/mol. The van der Waals surface area contributed by atoms with Crippen LogP contribution in [0.3, 0.4) is 0 Å². The van der Waals surface area contributed by atoms with Gasteiger partial charge in [-0.25, -0.2) is 4.79 Å². The van der Waals surface area contributed by atoms with Crippen molar-refractivity contribution in [1.82, 2.24) is 0 Å². The first-order chi connectivity index (χ1) is 16.7. The van der Waals surface area contributed by atoms with Crippen molar-refractivity contribution in [1.29, 1.82) is 5.26 Å². The fraction of sp³-hybridized carbons (Fsp3) is 0.292. The minimum atomic E-state index is -4.61. The number of amides is 1. The van der Waals surface area contributed by atoms with Crippen LogP contribution < -0.4 is 15.0 Å². The Balaban J connectivity index is 1.70. The molecule has 1 heterocycles. The number of esters is 1. The molecule has 1 aliphatic rings. The molecular weight excluding hydrogens is 467 g/mol. The Morgan fingerprint density at radius 3 is 2.46 bits per heavy atom. The second-order valence-corrected chi connectivity index (χ2v) is 7.40. The minimum absolute atomic E-state index is 0.0722. The maximum atomic E-state index is 13.2. The van der Waals surface area contributed by atoms with Crippen LogP contribution in [0.5, 0.6) is 5.75 Å². The lowest BCUT2D eigenvalue weighted by Gasteiger charge is -2.31. The van der Waals surface area contributed by atoms with E-state index in [-0.39, 0.29) is 11.3 Å². The van der Waals surface area contributed by atoms with Crippen molar-refractivity contribution < 1.29 is 37.0 Å². The van der Waals surface area contributed by atoms with E-state index >= 15 is 0 Å². The summed E-state index contributed by atoms with van der Waals surface area (Å²) < 4.78 is 54.9. The number of hydrogen-bond donors (Lipinski definition) is 1. The number of carbonyl (C=O) groups is 2. The number of morpholine rings is 1. The SMILES string of the molecule is COc1ccc(/C=C(\C#N)C(=O)OCC(=O)Nc2cc(C(F)(F)F)ccc2N2CCOCC2)cc1. The van der Waals surface area contributed by atoms with Gasteiger partial charge in [0.15, 0.2) is 6.61 Å². The van der Waals surface area contributed by atoms with Gasteiger partial charge in [0.2, 0.25) is 0 Å². The lowest BCUT2D eigenvalue weighted by atomic mass is 10.1. The van der Waals surface area contributed by atoms with Crippen LogP contribution >= 0.6 is 0 Å². The molecule has 3 rings (SSSR count). The Morgan fingerprint density at radius 1 is 1.17 bits per heavy atom. The number of nitriles is 1. The molecule has 2 aromatic carbocycles. The van der Waals surface area contributed by atoms with Gasteiger partial charge in [-0.3, -0.25) is 4.79 Å². The first-order valence-electron chi connectivity index (χ1n) is 10.5. The van der Waals surface area contributed by atoms with Crippen molar-refractivity contribution in [2.75, 3.05) is 50.2 Å². The van der Waals surface area contributed by atoms with Crippen LogP contribution in [0.25, 0.3) is 6.08 Å². The highest BCUT2D eigenvalue weighted by molar-refractivity contribution is 6.01. The quantitative estimate of drug-likeness (QED) is 0.360. The van der Waals surface area contributed by atoms with Crippen LogP contribution in [0, 0.1) is 11.3 Å². The van der Waals surface area contributed by atoms with Gasteiger partial charge in [-0.2, -0.15) is 18.4 Å². The molecule has 0 saturated carbocycles. The lowest BCUT2D eigenvalue weighted by Crippen LogP contribution is -2.37. The fourth-order valence-corrected chi connectivity index (χ4v) is 3.29. The summed E-state index contributed by atoms with van der Waals surface area (Å²) in [6, 6.07) is 11.3. The van der Waals surface area contributed by atoms with E-state index in [0.29, 0.717) is 43.3 Å². The summed E-state index contributed by atoms with van der Waals surface area (Å²) in [6.07, 6.45) is -3.33. The molecule has 1 amide bonds. The van der Waals surface area contributed by atoms with E-state index in [0.717, 1.165) is 12.1 Å². The largest absolute Gasteiger partial charge is 0.497 e. The Bertz CT molecular complexity index is 1130. The highest BCUT2D eigenvalue weighted by atomic mass is 19.4. The van der Waals surface area contributed by atoms with Crippen LogP contribution in [-0.4, -0.2) is 51.9 Å². The molecule has 184 valence electrons. The third-order valence-electron chi connectivity index (χ3n) is 5.05. The zero-order valence-corrected chi connectivity index (χ0v) is 18.7. The second-order valence-electron chi connectivity index (χ2n) is 7.40. The Morgan fingerprint density at radius 2 is 1.86 bits per heavy atom. The van der Waals surface area contributed by atoms with Gasteiger partial charge in [0.05, 0.1) is 37.3 Å². The van der Waals surface area contributed by atoms with E-state index in [9.17, 15) is 28.0 Å². The number of hydrogen-bond acceptors (Lipinski definition) is 7. The molecule has 0 radical (unpaired) electrons. The zero-order chi connectivity index (χ0) is 25.4. The number of nitrogens with zero attached hydrogens (tertiary/aromatic N) is 2. The van der Waals surface area contributed by atoms with E-state index < -0.39 is 30.2 Å². The molecule has 0 atom stereocenters. The highest BCUT2D eigenvalue weighted by Crippen LogP contribution is 2.35. The van der Waals surface area contributed by atoms with Crippen molar-refractivity contribution >= 4 is 29.3 Å². The van der Waals surface area contributed by atoms with E-state index in [4.69, 9.17) is 14.2 Å². The van der Waals surface area contributed by atoms with Gasteiger partial charge >= 0.3 is 12.1 Å². The molecule has 2 aromatic rings. The van der Waals surface area contributed by atoms with E-state index in [2.05, 4.69) is 5.32 Å². The summed E-state index contributed by atoms with van der Waals surface area (Å²) >= 11 is 0. The maximum Gasteiger partial charge on any atom is 0.416 e. The van der Waals surface area contributed by atoms with Gasteiger partial charge < -0.3 is 24.4 Å². The molecule has 8 nitrogen and oxygen atoms in total. The van der Waals surface area contributed by atoms with Gasteiger partial charge in [0.25, 0.3) is 5.91 Å². The van der Waals surface area contributed by atoms with Crippen LogP contribution in [0.4, 0.5) is 24.5 Å². The maximum absolute atomic E-state index is 13.2. The number of ether oxygens (including phenoxy) is 3. The number of benzene rings is 2. The number of anilines is 2. The molecule has 0 aliphatic carbocycles. The van der Waals surface area contributed by atoms with Gasteiger partial charge in [-0.05, 0) is 42.0 Å². The van der Waals surface area contributed by atoms with Crippen molar-refractivity contribution in [3.8, 4) is 11.8 Å². The standard InChI is InChI=1S/C24H22F3N3O5/c1-33-19-5-2-16(3-6-19)12-17(14-28)23(32)35-15-22(31)29-20-13-18(24(25,26)27)4-7-21(20)30-8-10-34-11-9-30/h2-7,12-13H,8-11,15H2,1H3,(H,29,31)/b17-12+. The predicted octanol–water partition coefficient (Wildman–Crippen LogP) is 3.64. The molecule has 35 heavy (non-hydrogen) atoms. The van der Waals surface area contributed by atoms with Crippen LogP contribution in [0.2, 0.25) is 0 Å².